The van der Waals surface area contributed by atoms with Crippen LogP contribution in [-0.2, 0) is 0 Å². The Labute approximate surface area is 134 Å². The molecule has 0 atom stereocenters. The molecule has 0 N–H and O–H groups in total. The second-order valence-corrected chi connectivity index (χ2v) is 11.0. The quantitative estimate of drug-likeness (QED) is 0.556. The third-order valence-corrected chi connectivity index (χ3v) is 5.73. The number of hydrogen-bond donors (Lipinski definition) is 0. The van der Waals surface area contributed by atoms with Crippen LogP contribution in [0.5, 0.6) is 0 Å². The Morgan fingerprint density at radius 3 is 1.64 bits per heavy atom. The zero-order valence-corrected chi connectivity index (χ0v) is 14.3. The third-order valence-electron chi connectivity index (χ3n) is 3.91. The molecule has 0 unspecified atom stereocenters. The van der Waals surface area contributed by atoms with E-state index in [9.17, 15) is 0 Å². The summed E-state index contributed by atoms with van der Waals surface area (Å²) in [6.45, 7) is 7.18. The average molecular weight is 305 g/mol. The lowest BCUT2D eigenvalue weighted by Crippen LogP contribution is -2.12. The monoisotopic (exact) mass is 305 g/mol. The molecule has 0 nitrogen and oxygen atoms in total. The van der Waals surface area contributed by atoms with Crippen LogP contribution >= 0.6 is 7.26 Å². The Balaban J connectivity index is 2.32. The van der Waals surface area contributed by atoms with Crippen LogP contribution in [-0.4, -0.2) is 20.0 Å². The zero-order valence-electron chi connectivity index (χ0n) is 13.5. The van der Waals surface area contributed by atoms with E-state index in [0.29, 0.717) is 0 Å². The number of benzene rings is 3. The van der Waals surface area contributed by atoms with Gasteiger partial charge in [-0.2, -0.15) is 0 Å². The van der Waals surface area contributed by atoms with E-state index >= 15 is 0 Å². The molecule has 3 aromatic rings. The maximum Gasteiger partial charge on any atom is 0.101 e. The second-order valence-electron chi connectivity index (χ2n) is 6.44. The van der Waals surface area contributed by atoms with Gasteiger partial charge < -0.3 is 0 Å². The van der Waals surface area contributed by atoms with E-state index in [1.54, 1.807) is 0 Å². The van der Waals surface area contributed by atoms with Crippen molar-refractivity contribution in [3.05, 3.63) is 78.9 Å². The van der Waals surface area contributed by atoms with Gasteiger partial charge in [-0.3, -0.25) is 0 Å². The molecule has 0 saturated heterocycles. The molecule has 3 aromatic carbocycles. The molecule has 0 aliphatic heterocycles. The molecule has 110 valence electrons. The summed E-state index contributed by atoms with van der Waals surface area (Å²) >= 11 is 0. The summed E-state index contributed by atoms with van der Waals surface area (Å²) in [5.74, 6) is 0. The van der Waals surface area contributed by atoms with Gasteiger partial charge in [0.05, 0.1) is 20.0 Å². The van der Waals surface area contributed by atoms with Crippen LogP contribution in [0.25, 0.3) is 22.3 Å². The fourth-order valence-corrected chi connectivity index (χ4v) is 4.32. The van der Waals surface area contributed by atoms with Crippen molar-refractivity contribution in [2.45, 2.75) is 0 Å². The van der Waals surface area contributed by atoms with E-state index in [2.05, 4.69) is 98.9 Å². The van der Waals surface area contributed by atoms with Gasteiger partial charge in [-0.25, -0.2) is 0 Å². The summed E-state index contributed by atoms with van der Waals surface area (Å²) in [6, 6.07) is 28.2. The molecule has 0 aliphatic rings. The average Bonchev–Trinajstić information content (AvgIpc) is 2.55. The highest BCUT2D eigenvalue weighted by molar-refractivity contribution is 7.81. The first kappa shape index (κ1) is 15.0. The maximum atomic E-state index is 2.39. The minimum Gasteiger partial charge on any atom is -0.0622 e. The Kier molecular flexibility index (Phi) is 4.14. The zero-order chi connectivity index (χ0) is 15.6. The van der Waals surface area contributed by atoms with E-state index in [1.807, 2.05) is 0 Å². The molecule has 0 aromatic heterocycles. The van der Waals surface area contributed by atoms with Crippen LogP contribution in [0.1, 0.15) is 0 Å². The molecule has 0 amide bonds. The fourth-order valence-electron chi connectivity index (χ4n) is 2.87. The maximum absolute atomic E-state index is 2.39. The van der Waals surface area contributed by atoms with Crippen LogP contribution in [0.15, 0.2) is 78.9 Å². The molecule has 3 rings (SSSR count). The SMILES string of the molecule is C[P+](C)(C)c1cccc(-c2ccccc2)c1-c1ccccc1. The lowest BCUT2D eigenvalue weighted by molar-refractivity contribution is 1.60. The summed E-state index contributed by atoms with van der Waals surface area (Å²) in [4.78, 5) is 0. The molecule has 0 heterocycles. The van der Waals surface area contributed by atoms with Crippen molar-refractivity contribution < 1.29 is 0 Å². The molecule has 0 bridgehead atoms. The third kappa shape index (κ3) is 2.98. The molecule has 0 fully saturated rings. The van der Waals surface area contributed by atoms with Crippen LogP contribution in [0.4, 0.5) is 0 Å². The van der Waals surface area contributed by atoms with Crippen LogP contribution < -0.4 is 5.30 Å². The van der Waals surface area contributed by atoms with Crippen molar-refractivity contribution in [2.24, 2.45) is 0 Å². The van der Waals surface area contributed by atoms with Gasteiger partial charge in [-0.15, -0.1) is 0 Å². The highest BCUT2D eigenvalue weighted by Gasteiger charge is 2.27. The van der Waals surface area contributed by atoms with Crippen molar-refractivity contribution >= 4 is 12.6 Å². The normalized spacial score (nSPS) is 11.4. The van der Waals surface area contributed by atoms with Crippen LogP contribution in [0, 0.1) is 0 Å². The Hall–Kier alpha value is -1.91. The molecule has 1 heteroatoms. The summed E-state index contributed by atoms with van der Waals surface area (Å²) in [7, 11) is -1.12. The molecular formula is C21H22P+. The molecule has 0 saturated carbocycles. The molecule has 0 spiro atoms. The van der Waals surface area contributed by atoms with Gasteiger partial charge in [0.25, 0.3) is 0 Å². The second kappa shape index (κ2) is 6.07. The van der Waals surface area contributed by atoms with Gasteiger partial charge >= 0.3 is 0 Å². The van der Waals surface area contributed by atoms with Gasteiger partial charge in [0.2, 0.25) is 0 Å². The van der Waals surface area contributed by atoms with Gasteiger partial charge in [0.1, 0.15) is 5.30 Å². The molecule has 22 heavy (non-hydrogen) atoms. The van der Waals surface area contributed by atoms with E-state index in [0.717, 1.165) is 0 Å². The van der Waals surface area contributed by atoms with E-state index in [4.69, 9.17) is 0 Å². The van der Waals surface area contributed by atoms with E-state index in [-0.39, 0.29) is 0 Å². The predicted octanol–water partition coefficient (Wildman–Crippen LogP) is 5.55. The fraction of sp³-hybridized carbons (Fsp3) is 0.143. The molecular weight excluding hydrogens is 283 g/mol. The van der Waals surface area contributed by atoms with Gasteiger partial charge in [-0.1, -0.05) is 72.8 Å². The van der Waals surface area contributed by atoms with Gasteiger partial charge in [-0.05, 0) is 22.8 Å². The van der Waals surface area contributed by atoms with Crippen molar-refractivity contribution in [3.63, 3.8) is 0 Å². The first-order valence-electron chi connectivity index (χ1n) is 7.63. The smallest absolute Gasteiger partial charge is 0.0622 e. The molecule has 0 aliphatic carbocycles. The Morgan fingerprint density at radius 1 is 0.545 bits per heavy atom. The highest BCUT2D eigenvalue weighted by Crippen LogP contribution is 2.49. The van der Waals surface area contributed by atoms with Crippen molar-refractivity contribution in [3.8, 4) is 22.3 Å². The van der Waals surface area contributed by atoms with Crippen LogP contribution in [0.3, 0.4) is 0 Å². The number of hydrogen-bond acceptors (Lipinski definition) is 0. The first-order valence-corrected chi connectivity index (χ1v) is 10.8. The van der Waals surface area contributed by atoms with Crippen LogP contribution in [0.2, 0.25) is 0 Å². The minimum absolute atomic E-state index is 1.12. The topological polar surface area (TPSA) is 0 Å². The molecule has 0 radical (unpaired) electrons. The van der Waals surface area contributed by atoms with E-state index < -0.39 is 7.26 Å². The Bertz CT molecular complexity index is 753. The first-order chi connectivity index (χ1) is 10.6. The standard InChI is InChI=1S/C21H22P/c1-22(2,3)20-16-10-15-19(17-11-6-4-7-12-17)21(20)18-13-8-5-9-14-18/h4-16H,1-3H3/q+1. The van der Waals surface area contributed by atoms with Crippen molar-refractivity contribution in [2.75, 3.05) is 20.0 Å². The summed E-state index contributed by atoms with van der Waals surface area (Å²) in [6.07, 6.45) is 0. The van der Waals surface area contributed by atoms with Gasteiger partial charge in [0.15, 0.2) is 0 Å². The largest absolute Gasteiger partial charge is 0.101 e. The lowest BCUT2D eigenvalue weighted by Gasteiger charge is -2.20. The predicted molar refractivity (Wildman–Crippen MR) is 102 cm³/mol. The van der Waals surface area contributed by atoms with Crippen molar-refractivity contribution in [1.82, 2.24) is 0 Å². The summed E-state index contributed by atoms with van der Waals surface area (Å²) < 4.78 is 0. The minimum atomic E-state index is -1.12. The lowest BCUT2D eigenvalue weighted by atomic mass is 9.94. The summed E-state index contributed by atoms with van der Waals surface area (Å²) in [5.41, 5.74) is 5.33. The van der Waals surface area contributed by atoms with E-state index in [1.165, 1.54) is 27.6 Å². The highest BCUT2D eigenvalue weighted by atomic mass is 31.2. The number of rotatable bonds is 3. The summed E-state index contributed by atoms with van der Waals surface area (Å²) in [5, 5.41) is 1.50. The van der Waals surface area contributed by atoms with Gasteiger partial charge in [0, 0.05) is 12.8 Å². The Morgan fingerprint density at radius 2 is 1.09 bits per heavy atom. The van der Waals surface area contributed by atoms with Crippen molar-refractivity contribution in [1.29, 1.82) is 0 Å².